The van der Waals surface area contributed by atoms with Crippen LogP contribution in [0.2, 0.25) is 0 Å². The molecular weight excluding hydrogens is 572 g/mol. The van der Waals surface area contributed by atoms with Crippen LogP contribution in [0.25, 0.3) is 18.2 Å². The van der Waals surface area contributed by atoms with Gasteiger partial charge in [-0.25, -0.2) is 4.99 Å². The molecule has 2 aliphatic heterocycles. The van der Waals surface area contributed by atoms with E-state index in [2.05, 4.69) is 20.3 Å². The Morgan fingerprint density at radius 3 is 2.09 bits per heavy atom. The first-order chi connectivity index (χ1) is 21.4. The highest BCUT2D eigenvalue weighted by Gasteiger charge is 2.29. The van der Waals surface area contributed by atoms with Gasteiger partial charge in [-0.1, -0.05) is 13.0 Å². The second-order valence-electron chi connectivity index (χ2n) is 11.7. The molecule has 2 amide bonds. The third-order valence-electron chi connectivity index (χ3n) is 8.81. The van der Waals surface area contributed by atoms with E-state index in [0.29, 0.717) is 43.4 Å². The number of aliphatic carboxylic acids is 2. The molecule has 1 unspecified atom stereocenters. The van der Waals surface area contributed by atoms with E-state index in [0.717, 1.165) is 61.2 Å². The van der Waals surface area contributed by atoms with Gasteiger partial charge in [-0.2, -0.15) is 0 Å². The summed E-state index contributed by atoms with van der Waals surface area (Å²) in [4.78, 5) is 58.7. The van der Waals surface area contributed by atoms with Gasteiger partial charge >= 0.3 is 11.9 Å². The van der Waals surface area contributed by atoms with E-state index in [4.69, 9.17) is 0 Å². The van der Waals surface area contributed by atoms with Crippen molar-refractivity contribution in [3.63, 3.8) is 0 Å². The van der Waals surface area contributed by atoms with Gasteiger partial charge in [-0.15, -0.1) is 0 Å². The number of aliphatic imine (C=N–C) groups is 1. The third-order valence-corrected chi connectivity index (χ3v) is 8.81. The SMILES string of the molecule is C/C=C1\C(=C\c2[nH]c(/C=c3/[nH]/c(=C/C4=NC(=O)C(CC)=C4C)c(C)c3CCCC(=O)O)c(CCCC(=O)O)c2C)NC(=O)C1C. The van der Waals surface area contributed by atoms with E-state index in [1.807, 2.05) is 65.8 Å². The summed E-state index contributed by atoms with van der Waals surface area (Å²) in [6.45, 7) is 11.5. The molecular formula is C35H42N4O6. The number of hydrogen-bond donors (Lipinski definition) is 5. The summed E-state index contributed by atoms with van der Waals surface area (Å²) in [6, 6.07) is 0. The van der Waals surface area contributed by atoms with Crippen LogP contribution in [0.3, 0.4) is 0 Å². The first kappa shape index (κ1) is 33.2. The Bertz CT molecular complexity index is 1810. The van der Waals surface area contributed by atoms with Crippen LogP contribution >= 0.6 is 0 Å². The fraction of sp³-hybridized carbons (Fsp3) is 0.400. The maximum Gasteiger partial charge on any atom is 0.303 e. The Hall–Kier alpha value is -4.73. The number of carbonyl (C=O) groups is 4. The summed E-state index contributed by atoms with van der Waals surface area (Å²) in [5, 5.41) is 23.1. The first-order valence-corrected chi connectivity index (χ1v) is 15.4. The average molecular weight is 615 g/mol. The summed E-state index contributed by atoms with van der Waals surface area (Å²) in [7, 11) is 0. The lowest BCUT2D eigenvalue weighted by Crippen LogP contribution is -2.16. The maximum atomic E-state index is 12.4. The number of carboxylic acid groups (broad SMARTS) is 2. The number of allylic oxidation sites excluding steroid dienone is 3. The van der Waals surface area contributed by atoms with Crippen molar-refractivity contribution < 1.29 is 29.4 Å². The van der Waals surface area contributed by atoms with Gasteiger partial charge in [0.05, 0.1) is 11.6 Å². The normalized spacial score (nSPS) is 19.4. The first-order valence-electron chi connectivity index (χ1n) is 15.4. The molecule has 4 rings (SSSR count). The zero-order chi connectivity index (χ0) is 33.0. The fourth-order valence-corrected chi connectivity index (χ4v) is 6.14. The smallest absolute Gasteiger partial charge is 0.303 e. The second kappa shape index (κ2) is 13.9. The van der Waals surface area contributed by atoms with Gasteiger partial charge in [0.1, 0.15) is 0 Å². The van der Waals surface area contributed by atoms with Crippen LogP contribution in [0, 0.1) is 19.8 Å². The van der Waals surface area contributed by atoms with Crippen LogP contribution < -0.4 is 16.0 Å². The van der Waals surface area contributed by atoms with Gasteiger partial charge in [0.2, 0.25) is 5.91 Å². The predicted octanol–water partition coefficient (Wildman–Crippen LogP) is 4.14. The molecule has 0 radical (unpaired) electrons. The predicted molar refractivity (Wildman–Crippen MR) is 174 cm³/mol. The van der Waals surface area contributed by atoms with Crippen LogP contribution in [0.4, 0.5) is 0 Å². The number of aromatic nitrogens is 2. The Balaban J connectivity index is 1.89. The van der Waals surface area contributed by atoms with Crippen LogP contribution in [-0.4, -0.2) is 49.6 Å². The molecule has 238 valence electrons. The zero-order valence-corrected chi connectivity index (χ0v) is 26.8. The van der Waals surface area contributed by atoms with Crippen molar-refractivity contribution in [2.24, 2.45) is 10.9 Å². The van der Waals surface area contributed by atoms with Gasteiger partial charge < -0.3 is 25.5 Å². The molecule has 0 saturated carbocycles. The Morgan fingerprint density at radius 1 is 0.867 bits per heavy atom. The molecule has 0 aliphatic carbocycles. The summed E-state index contributed by atoms with van der Waals surface area (Å²) in [6.07, 6.45) is 10.3. The molecule has 1 saturated heterocycles. The second-order valence-corrected chi connectivity index (χ2v) is 11.7. The number of amides is 2. The van der Waals surface area contributed by atoms with Crippen LogP contribution in [0.5, 0.6) is 0 Å². The summed E-state index contributed by atoms with van der Waals surface area (Å²) >= 11 is 0. The van der Waals surface area contributed by atoms with E-state index in [-0.39, 0.29) is 30.6 Å². The number of H-pyrrole nitrogens is 2. The van der Waals surface area contributed by atoms with Crippen molar-refractivity contribution in [2.45, 2.75) is 86.5 Å². The van der Waals surface area contributed by atoms with Crippen molar-refractivity contribution in [1.82, 2.24) is 15.3 Å². The van der Waals surface area contributed by atoms with E-state index in [9.17, 15) is 29.4 Å². The molecule has 5 N–H and O–H groups in total. The summed E-state index contributed by atoms with van der Waals surface area (Å²) < 4.78 is 0. The Kier molecular flexibility index (Phi) is 10.3. The van der Waals surface area contributed by atoms with Crippen LogP contribution in [-0.2, 0) is 32.0 Å². The maximum absolute atomic E-state index is 12.4. The molecule has 1 fully saturated rings. The minimum atomic E-state index is -0.862. The number of rotatable bonds is 12. The van der Waals surface area contributed by atoms with E-state index in [1.165, 1.54) is 0 Å². The molecule has 2 aromatic heterocycles. The van der Waals surface area contributed by atoms with Gasteiger partial charge in [0.15, 0.2) is 0 Å². The van der Waals surface area contributed by atoms with Crippen LogP contribution in [0.15, 0.2) is 33.5 Å². The molecule has 2 aliphatic rings. The third kappa shape index (κ3) is 7.16. The highest BCUT2D eigenvalue weighted by atomic mass is 16.4. The van der Waals surface area contributed by atoms with Gasteiger partial charge in [-0.05, 0) is 118 Å². The minimum Gasteiger partial charge on any atom is -0.481 e. The highest BCUT2D eigenvalue weighted by molar-refractivity contribution is 6.30. The fourth-order valence-electron chi connectivity index (χ4n) is 6.14. The largest absolute Gasteiger partial charge is 0.481 e. The molecule has 1 atom stereocenters. The van der Waals surface area contributed by atoms with Crippen molar-refractivity contribution in [1.29, 1.82) is 0 Å². The standard InChI is InChI=1S/C35H42N4O6/c1-7-22-21(6)34(44)39-29(22)16-27-20(5)25(12-10-14-33(42)43)31(37-27)17-30-24(11-9-13-32(40)41)19(4)26(36-30)15-28-18(3)23(8-2)35(45)38-28/h7,15-17,21,36-37H,8-14H2,1-6H3,(H,39,44)(H,40,41)(H,42,43)/b22-7-,26-15+,29-16-,30-17+. The van der Waals surface area contributed by atoms with E-state index >= 15 is 0 Å². The quantitative estimate of drug-likeness (QED) is 0.241. The van der Waals surface area contributed by atoms with Crippen molar-refractivity contribution >= 4 is 47.7 Å². The lowest BCUT2D eigenvalue weighted by molar-refractivity contribution is -0.138. The average Bonchev–Trinajstić information content (AvgIpc) is 3.62. The number of carbonyl (C=O) groups excluding carboxylic acids is 2. The van der Waals surface area contributed by atoms with Crippen LogP contribution in [0.1, 0.15) is 93.4 Å². The number of carboxylic acids is 2. The molecule has 4 heterocycles. The van der Waals surface area contributed by atoms with Crippen molar-refractivity contribution in [2.75, 3.05) is 0 Å². The monoisotopic (exact) mass is 614 g/mol. The molecule has 2 aromatic rings. The summed E-state index contributed by atoms with van der Waals surface area (Å²) in [5.74, 6) is -2.26. The van der Waals surface area contributed by atoms with Crippen molar-refractivity contribution in [3.8, 4) is 0 Å². The van der Waals surface area contributed by atoms with E-state index < -0.39 is 11.9 Å². The Morgan fingerprint density at radius 2 is 1.51 bits per heavy atom. The lowest BCUT2D eigenvalue weighted by Gasteiger charge is -2.03. The molecule has 0 aromatic carbocycles. The highest BCUT2D eigenvalue weighted by Crippen LogP contribution is 2.30. The minimum absolute atomic E-state index is 0.0310. The Labute approximate surface area is 262 Å². The molecule has 0 bridgehead atoms. The van der Waals surface area contributed by atoms with Gasteiger partial charge in [-0.3, -0.25) is 19.2 Å². The summed E-state index contributed by atoms with van der Waals surface area (Å²) in [5.41, 5.74) is 9.23. The zero-order valence-electron chi connectivity index (χ0n) is 26.8. The molecule has 10 nitrogen and oxygen atoms in total. The van der Waals surface area contributed by atoms with Gasteiger partial charge in [0.25, 0.3) is 5.91 Å². The molecule has 45 heavy (non-hydrogen) atoms. The van der Waals surface area contributed by atoms with Crippen molar-refractivity contribution in [3.05, 3.63) is 72.8 Å². The topological polar surface area (TPSA) is 165 Å². The number of nitrogens with zero attached hydrogens (tertiary/aromatic N) is 1. The number of aromatic amines is 2. The number of hydrogen-bond acceptors (Lipinski definition) is 4. The molecule has 0 spiro atoms. The van der Waals surface area contributed by atoms with E-state index in [1.54, 1.807) is 0 Å². The van der Waals surface area contributed by atoms with Gasteiger partial charge in [0, 0.05) is 46.2 Å². The molecule has 10 heteroatoms. The number of nitrogens with one attached hydrogen (secondary N) is 3. The lowest BCUT2D eigenvalue weighted by atomic mass is 10.00.